The fraction of sp³-hybridized carbons (Fsp3) is 0.375. The summed E-state index contributed by atoms with van der Waals surface area (Å²) in [4.78, 5) is 11.0. The SMILES string of the molecule is COC1(OC)C=CC(=O)C(Br)=C1. The van der Waals surface area contributed by atoms with E-state index in [9.17, 15) is 4.79 Å². The maximum Gasteiger partial charge on any atom is 0.209 e. The fourth-order valence-electron chi connectivity index (χ4n) is 0.905. The topological polar surface area (TPSA) is 35.5 Å². The summed E-state index contributed by atoms with van der Waals surface area (Å²) in [7, 11) is 3.03. The number of ether oxygens (including phenoxy) is 2. The average molecular weight is 233 g/mol. The summed E-state index contributed by atoms with van der Waals surface area (Å²) >= 11 is 3.11. The Bertz CT molecular complexity index is 251. The van der Waals surface area contributed by atoms with Gasteiger partial charge in [0.25, 0.3) is 0 Å². The Hall–Kier alpha value is -0.450. The molecule has 0 fully saturated rings. The zero-order valence-corrected chi connectivity index (χ0v) is 8.42. The summed E-state index contributed by atoms with van der Waals surface area (Å²) in [5, 5.41) is 0. The third-order valence-corrected chi connectivity index (χ3v) is 2.29. The third-order valence-electron chi connectivity index (χ3n) is 1.67. The molecular formula is C8H9BrO3. The number of methoxy groups -OCH3 is 2. The van der Waals surface area contributed by atoms with Crippen LogP contribution in [0.3, 0.4) is 0 Å². The lowest BCUT2D eigenvalue weighted by molar-refractivity contribution is -0.136. The van der Waals surface area contributed by atoms with Crippen molar-refractivity contribution in [1.82, 2.24) is 0 Å². The van der Waals surface area contributed by atoms with Crippen LogP contribution in [0.2, 0.25) is 0 Å². The van der Waals surface area contributed by atoms with Gasteiger partial charge in [0.15, 0.2) is 5.78 Å². The largest absolute Gasteiger partial charge is 0.346 e. The number of allylic oxidation sites excluding steroid dienone is 2. The predicted molar refractivity (Wildman–Crippen MR) is 47.9 cm³/mol. The van der Waals surface area contributed by atoms with Crippen LogP contribution < -0.4 is 0 Å². The molecule has 1 aliphatic carbocycles. The van der Waals surface area contributed by atoms with E-state index >= 15 is 0 Å². The molecule has 66 valence electrons. The molecule has 1 rings (SSSR count). The number of hydrogen-bond donors (Lipinski definition) is 0. The molecule has 0 amide bonds. The van der Waals surface area contributed by atoms with Crippen LogP contribution in [-0.2, 0) is 14.3 Å². The Kier molecular flexibility index (Phi) is 2.82. The van der Waals surface area contributed by atoms with E-state index in [1.54, 1.807) is 12.2 Å². The highest BCUT2D eigenvalue weighted by atomic mass is 79.9. The molecule has 0 bridgehead atoms. The summed E-state index contributed by atoms with van der Waals surface area (Å²) in [5.74, 6) is -0.980. The maximum atomic E-state index is 11.0. The van der Waals surface area contributed by atoms with E-state index < -0.39 is 5.79 Å². The van der Waals surface area contributed by atoms with Crippen molar-refractivity contribution in [2.24, 2.45) is 0 Å². The van der Waals surface area contributed by atoms with Gasteiger partial charge in [-0.15, -0.1) is 0 Å². The summed E-state index contributed by atoms with van der Waals surface area (Å²) in [6, 6.07) is 0. The molecule has 0 unspecified atom stereocenters. The number of carbonyl (C=O) groups is 1. The third kappa shape index (κ3) is 1.65. The highest BCUT2D eigenvalue weighted by Crippen LogP contribution is 2.25. The summed E-state index contributed by atoms with van der Waals surface area (Å²) < 4.78 is 10.6. The van der Waals surface area contributed by atoms with Crippen molar-refractivity contribution in [2.45, 2.75) is 5.79 Å². The molecular weight excluding hydrogens is 224 g/mol. The van der Waals surface area contributed by atoms with Gasteiger partial charge in [-0.3, -0.25) is 4.79 Å². The minimum Gasteiger partial charge on any atom is -0.346 e. The Labute approximate surface area is 79.2 Å². The molecule has 0 aromatic heterocycles. The van der Waals surface area contributed by atoms with Gasteiger partial charge in [-0.05, 0) is 34.2 Å². The molecule has 0 aromatic rings. The van der Waals surface area contributed by atoms with Gasteiger partial charge in [-0.2, -0.15) is 0 Å². The van der Waals surface area contributed by atoms with Gasteiger partial charge in [0, 0.05) is 14.2 Å². The van der Waals surface area contributed by atoms with Crippen LogP contribution in [0.5, 0.6) is 0 Å². The molecule has 4 heteroatoms. The van der Waals surface area contributed by atoms with E-state index in [-0.39, 0.29) is 5.78 Å². The molecule has 12 heavy (non-hydrogen) atoms. The molecule has 0 aromatic carbocycles. The maximum absolute atomic E-state index is 11.0. The number of hydrogen-bond acceptors (Lipinski definition) is 3. The van der Waals surface area contributed by atoms with Crippen LogP contribution >= 0.6 is 15.9 Å². The van der Waals surface area contributed by atoms with Crippen LogP contribution in [0, 0.1) is 0 Å². The van der Waals surface area contributed by atoms with Crippen LogP contribution in [0.25, 0.3) is 0 Å². The smallest absolute Gasteiger partial charge is 0.209 e. The van der Waals surface area contributed by atoms with Gasteiger partial charge in [-0.1, -0.05) is 0 Å². The van der Waals surface area contributed by atoms with Crippen molar-refractivity contribution in [2.75, 3.05) is 14.2 Å². The second-order valence-corrected chi connectivity index (χ2v) is 3.17. The first-order chi connectivity index (χ1) is 5.63. The Morgan fingerprint density at radius 3 is 2.42 bits per heavy atom. The zero-order valence-electron chi connectivity index (χ0n) is 6.83. The van der Waals surface area contributed by atoms with Gasteiger partial charge < -0.3 is 9.47 Å². The fourth-order valence-corrected chi connectivity index (χ4v) is 1.36. The standard InChI is InChI=1S/C8H9BrO3/c1-11-8(12-2)4-3-7(10)6(9)5-8/h3-5H,1-2H3. The highest BCUT2D eigenvalue weighted by molar-refractivity contribution is 9.12. The summed E-state index contributed by atoms with van der Waals surface area (Å²) in [6.07, 6.45) is 4.56. The van der Waals surface area contributed by atoms with Gasteiger partial charge in [0.1, 0.15) is 0 Å². The molecule has 3 nitrogen and oxygen atoms in total. The van der Waals surface area contributed by atoms with Gasteiger partial charge in [0.05, 0.1) is 4.48 Å². The Morgan fingerprint density at radius 1 is 1.42 bits per heavy atom. The number of carbonyl (C=O) groups excluding carboxylic acids is 1. The lowest BCUT2D eigenvalue weighted by Gasteiger charge is -2.26. The van der Waals surface area contributed by atoms with Crippen molar-refractivity contribution < 1.29 is 14.3 Å². The lowest BCUT2D eigenvalue weighted by atomic mass is 10.1. The quantitative estimate of drug-likeness (QED) is 0.676. The van der Waals surface area contributed by atoms with Crippen LogP contribution in [-0.4, -0.2) is 25.8 Å². The van der Waals surface area contributed by atoms with Gasteiger partial charge in [-0.25, -0.2) is 0 Å². The van der Waals surface area contributed by atoms with E-state index in [1.165, 1.54) is 20.3 Å². The van der Waals surface area contributed by atoms with Crippen LogP contribution in [0.15, 0.2) is 22.7 Å². The second-order valence-electron chi connectivity index (χ2n) is 2.32. The minimum atomic E-state index is -0.896. The average Bonchev–Trinajstić information content (AvgIpc) is 2.10. The molecule has 0 N–H and O–H groups in total. The molecule has 0 aliphatic heterocycles. The van der Waals surface area contributed by atoms with E-state index in [2.05, 4.69) is 15.9 Å². The summed E-state index contributed by atoms with van der Waals surface area (Å²) in [6.45, 7) is 0. The van der Waals surface area contributed by atoms with E-state index in [0.29, 0.717) is 4.48 Å². The number of ketones is 1. The molecule has 0 radical (unpaired) electrons. The van der Waals surface area contributed by atoms with E-state index in [1.807, 2.05) is 0 Å². The van der Waals surface area contributed by atoms with Crippen LogP contribution in [0.4, 0.5) is 0 Å². The van der Waals surface area contributed by atoms with Crippen molar-refractivity contribution in [1.29, 1.82) is 0 Å². The first-order valence-corrected chi connectivity index (χ1v) is 4.15. The summed E-state index contributed by atoms with van der Waals surface area (Å²) in [5.41, 5.74) is 0. The molecule has 0 saturated carbocycles. The van der Waals surface area contributed by atoms with E-state index in [0.717, 1.165) is 0 Å². The van der Waals surface area contributed by atoms with Gasteiger partial charge >= 0.3 is 0 Å². The molecule has 0 saturated heterocycles. The predicted octanol–water partition coefficient (Wildman–Crippen LogP) is 1.39. The van der Waals surface area contributed by atoms with Crippen molar-refractivity contribution >= 4 is 21.7 Å². The van der Waals surface area contributed by atoms with E-state index in [4.69, 9.17) is 9.47 Å². The Morgan fingerprint density at radius 2 is 2.00 bits per heavy atom. The highest BCUT2D eigenvalue weighted by Gasteiger charge is 2.28. The first-order valence-electron chi connectivity index (χ1n) is 3.36. The zero-order chi connectivity index (χ0) is 9.19. The van der Waals surface area contributed by atoms with Crippen molar-refractivity contribution in [3.63, 3.8) is 0 Å². The second kappa shape index (κ2) is 3.51. The normalized spacial score (nSPS) is 20.9. The van der Waals surface area contributed by atoms with Crippen LogP contribution in [0.1, 0.15) is 0 Å². The molecule has 0 atom stereocenters. The van der Waals surface area contributed by atoms with Crippen molar-refractivity contribution in [3.8, 4) is 0 Å². The molecule has 0 spiro atoms. The lowest BCUT2D eigenvalue weighted by Crippen LogP contribution is -2.31. The minimum absolute atomic E-state index is 0.0836. The first kappa shape index (κ1) is 9.64. The number of rotatable bonds is 2. The number of halogens is 1. The Balaban J connectivity index is 2.96. The molecule has 0 heterocycles. The molecule has 1 aliphatic rings. The van der Waals surface area contributed by atoms with Gasteiger partial charge in [0.2, 0.25) is 5.79 Å². The monoisotopic (exact) mass is 232 g/mol. The van der Waals surface area contributed by atoms with Crippen molar-refractivity contribution in [3.05, 3.63) is 22.7 Å².